The summed E-state index contributed by atoms with van der Waals surface area (Å²) in [6.07, 6.45) is 0. The number of anilines is 2. The third kappa shape index (κ3) is 2.19. The van der Waals surface area contributed by atoms with Gasteiger partial charge in [-0.2, -0.15) is 0 Å². The van der Waals surface area contributed by atoms with Crippen LogP contribution >= 0.6 is 0 Å². The van der Waals surface area contributed by atoms with Gasteiger partial charge in [-0.25, -0.2) is 0 Å². The van der Waals surface area contributed by atoms with Crippen molar-refractivity contribution < 1.29 is 4.74 Å². The Morgan fingerprint density at radius 1 is 1.21 bits per heavy atom. The molecule has 6 nitrogen and oxygen atoms in total. The molecule has 0 amide bonds. The SMILES string of the molecule is COc1ccc2c(c1)NCC(C)c1nnc(-c3ccccc3N)n1-2. The van der Waals surface area contributed by atoms with Gasteiger partial charge in [-0.3, -0.25) is 4.57 Å². The van der Waals surface area contributed by atoms with E-state index in [0.29, 0.717) is 5.69 Å². The average Bonchev–Trinajstić information content (AvgIpc) is 2.98. The summed E-state index contributed by atoms with van der Waals surface area (Å²) in [6.45, 7) is 2.91. The summed E-state index contributed by atoms with van der Waals surface area (Å²) in [5.41, 5.74) is 9.73. The number of fused-ring (bicyclic) bond motifs is 3. The molecule has 1 aromatic heterocycles. The van der Waals surface area contributed by atoms with Crippen molar-refractivity contribution in [1.29, 1.82) is 0 Å². The van der Waals surface area contributed by atoms with E-state index in [1.807, 2.05) is 42.5 Å². The van der Waals surface area contributed by atoms with Gasteiger partial charge in [-0.15, -0.1) is 10.2 Å². The van der Waals surface area contributed by atoms with Crippen molar-refractivity contribution in [2.75, 3.05) is 24.7 Å². The lowest BCUT2D eigenvalue weighted by molar-refractivity contribution is 0.415. The maximum atomic E-state index is 6.17. The zero-order valence-electron chi connectivity index (χ0n) is 13.7. The number of rotatable bonds is 2. The minimum atomic E-state index is 0.217. The average molecular weight is 321 g/mol. The summed E-state index contributed by atoms with van der Waals surface area (Å²) in [5, 5.41) is 12.4. The second-order valence-electron chi connectivity index (χ2n) is 5.97. The molecule has 1 aliphatic rings. The van der Waals surface area contributed by atoms with Crippen LogP contribution in [0.25, 0.3) is 17.1 Å². The van der Waals surface area contributed by atoms with Crippen molar-refractivity contribution in [3.63, 3.8) is 0 Å². The highest BCUT2D eigenvalue weighted by Crippen LogP contribution is 2.36. The Morgan fingerprint density at radius 2 is 2.04 bits per heavy atom. The molecular weight excluding hydrogens is 302 g/mol. The first-order valence-electron chi connectivity index (χ1n) is 7.91. The first-order valence-corrected chi connectivity index (χ1v) is 7.91. The van der Waals surface area contributed by atoms with Gasteiger partial charge in [0.1, 0.15) is 11.6 Å². The molecule has 0 aliphatic carbocycles. The molecule has 2 heterocycles. The highest BCUT2D eigenvalue weighted by molar-refractivity contribution is 5.75. The maximum absolute atomic E-state index is 6.17. The summed E-state index contributed by atoms with van der Waals surface area (Å²) in [5.74, 6) is 2.70. The van der Waals surface area contributed by atoms with Crippen LogP contribution in [-0.2, 0) is 0 Å². The number of ether oxygens (including phenoxy) is 1. The minimum absolute atomic E-state index is 0.217. The van der Waals surface area contributed by atoms with Gasteiger partial charge >= 0.3 is 0 Å². The zero-order valence-corrected chi connectivity index (χ0v) is 13.7. The second-order valence-corrected chi connectivity index (χ2v) is 5.97. The Hall–Kier alpha value is -3.02. The predicted octanol–water partition coefficient (Wildman–Crippen LogP) is 3.05. The van der Waals surface area contributed by atoms with E-state index in [9.17, 15) is 0 Å². The number of nitrogens with one attached hydrogen (secondary N) is 1. The van der Waals surface area contributed by atoms with E-state index < -0.39 is 0 Å². The van der Waals surface area contributed by atoms with Crippen LogP contribution in [0.3, 0.4) is 0 Å². The van der Waals surface area contributed by atoms with Gasteiger partial charge in [0.15, 0.2) is 5.82 Å². The molecule has 0 bridgehead atoms. The lowest BCUT2D eigenvalue weighted by Crippen LogP contribution is -2.09. The Labute approximate surface area is 140 Å². The van der Waals surface area contributed by atoms with Crippen molar-refractivity contribution in [2.24, 2.45) is 0 Å². The molecule has 0 radical (unpaired) electrons. The standard InChI is InChI=1S/C18H19N5O/c1-11-10-20-15-9-12(24-2)7-8-16(15)23-17(11)21-22-18(23)13-5-3-4-6-14(13)19/h3-9,11,20H,10,19H2,1-2H3. The topological polar surface area (TPSA) is 78.0 Å². The molecule has 3 N–H and O–H groups in total. The van der Waals surface area contributed by atoms with Gasteiger partial charge in [-0.1, -0.05) is 19.1 Å². The van der Waals surface area contributed by atoms with Crippen molar-refractivity contribution in [1.82, 2.24) is 14.8 Å². The van der Waals surface area contributed by atoms with E-state index in [-0.39, 0.29) is 5.92 Å². The van der Waals surface area contributed by atoms with Crippen LogP contribution in [0.1, 0.15) is 18.7 Å². The largest absolute Gasteiger partial charge is 0.497 e. The lowest BCUT2D eigenvalue weighted by atomic mass is 10.1. The lowest BCUT2D eigenvalue weighted by Gasteiger charge is -2.14. The Bertz CT molecular complexity index is 902. The van der Waals surface area contributed by atoms with Crippen LogP contribution in [0.5, 0.6) is 5.75 Å². The Kier molecular flexibility index (Phi) is 3.37. The van der Waals surface area contributed by atoms with Gasteiger partial charge in [0.25, 0.3) is 0 Å². The molecule has 1 aliphatic heterocycles. The van der Waals surface area contributed by atoms with Crippen LogP contribution in [0.15, 0.2) is 42.5 Å². The Morgan fingerprint density at radius 3 is 2.83 bits per heavy atom. The summed E-state index contributed by atoms with van der Waals surface area (Å²) in [4.78, 5) is 0. The van der Waals surface area contributed by atoms with Crippen LogP contribution < -0.4 is 15.8 Å². The van der Waals surface area contributed by atoms with E-state index in [2.05, 4.69) is 27.0 Å². The van der Waals surface area contributed by atoms with E-state index in [1.54, 1.807) is 7.11 Å². The molecule has 0 fully saturated rings. The quantitative estimate of drug-likeness (QED) is 0.709. The van der Waals surface area contributed by atoms with E-state index in [0.717, 1.165) is 40.9 Å². The summed E-state index contributed by atoms with van der Waals surface area (Å²) in [6, 6.07) is 13.7. The number of aromatic nitrogens is 3. The number of para-hydroxylation sites is 1. The molecule has 3 aromatic rings. The first kappa shape index (κ1) is 14.6. The monoisotopic (exact) mass is 321 g/mol. The molecule has 2 aromatic carbocycles. The number of benzene rings is 2. The molecule has 24 heavy (non-hydrogen) atoms. The molecule has 1 atom stereocenters. The molecule has 0 spiro atoms. The van der Waals surface area contributed by atoms with E-state index in [4.69, 9.17) is 10.5 Å². The van der Waals surface area contributed by atoms with Crippen molar-refractivity contribution >= 4 is 11.4 Å². The van der Waals surface area contributed by atoms with E-state index in [1.165, 1.54) is 0 Å². The maximum Gasteiger partial charge on any atom is 0.170 e. The molecule has 0 saturated heterocycles. The minimum Gasteiger partial charge on any atom is -0.497 e. The van der Waals surface area contributed by atoms with Gasteiger partial charge in [-0.05, 0) is 24.3 Å². The number of nitrogen functional groups attached to an aromatic ring is 1. The third-order valence-corrected chi connectivity index (χ3v) is 4.37. The molecular formula is C18H19N5O. The number of methoxy groups -OCH3 is 1. The van der Waals surface area contributed by atoms with Crippen LogP contribution in [-0.4, -0.2) is 28.4 Å². The predicted molar refractivity (Wildman–Crippen MR) is 94.7 cm³/mol. The summed E-state index contributed by atoms with van der Waals surface area (Å²) >= 11 is 0. The van der Waals surface area contributed by atoms with Crippen molar-refractivity contribution in [2.45, 2.75) is 12.8 Å². The number of nitrogens with two attached hydrogens (primary N) is 1. The fraction of sp³-hybridized carbons (Fsp3) is 0.222. The van der Waals surface area contributed by atoms with Crippen molar-refractivity contribution in [3.05, 3.63) is 48.3 Å². The third-order valence-electron chi connectivity index (χ3n) is 4.37. The highest BCUT2D eigenvalue weighted by Gasteiger charge is 2.25. The summed E-state index contributed by atoms with van der Waals surface area (Å²) in [7, 11) is 1.67. The van der Waals surface area contributed by atoms with Crippen LogP contribution in [0.4, 0.5) is 11.4 Å². The molecule has 1 unspecified atom stereocenters. The number of hydrogen-bond donors (Lipinski definition) is 2. The summed E-state index contributed by atoms with van der Waals surface area (Å²) < 4.78 is 7.44. The normalized spacial score (nSPS) is 15.8. The smallest absolute Gasteiger partial charge is 0.170 e. The number of hydrogen-bond acceptors (Lipinski definition) is 5. The van der Waals surface area contributed by atoms with Crippen molar-refractivity contribution in [3.8, 4) is 22.8 Å². The second kappa shape index (κ2) is 5.56. The fourth-order valence-corrected chi connectivity index (χ4v) is 3.06. The van der Waals surface area contributed by atoms with Crippen LogP contribution in [0.2, 0.25) is 0 Å². The zero-order chi connectivity index (χ0) is 16.7. The van der Waals surface area contributed by atoms with E-state index >= 15 is 0 Å². The molecule has 4 rings (SSSR count). The fourth-order valence-electron chi connectivity index (χ4n) is 3.06. The Balaban J connectivity index is 1.98. The van der Waals surface area contributed by atoms with Gasteiger partial charge in [0, 0.05) is 29.8 Å². The molecule has 122 valence electrons. The van der Waals surface area contributed by atoms with Crippen LogP contribution in [0, 0.1) is 0 Å². The molecule has 0 saturated carbocycles. The molecule has 6 heteroatoms. The van der Waals surface area contributed by atoms with Gasteiger partial charge in [0.2, 0.25) is 0 Å². The van der Waals surface area contributed by atoms with Gasteiger partial charge < -0.3 is 15.8 Å². The highest BCUT2D eigenvalue weighted by atomic mass is 16.5. The van der Waals surface area contributed by atoms with Gasteiger partial charge in [0.05, 0.1) is 18.5 Å². The number of nitrogens with zero attached hydrogens (tertiary/aromatic N) is 3. The first-order chi connectivity index (χ1) is 11.7.